The number of hydrogen-bond acceptors (Lipinski definition) is 4. The lowest BCUT2D eigenvalue weighted by molar-refractivity contribution is -0.383. The summed E-state index contributed by atoms with van der Waals surface area (Å²) in [7, 11) is 0. The van der Waals surface area contributed by atoms with Gasteiger partial charge in [0.1, 0.15) is 16.9 Å². The molecule has 1 heterocycles. The van der Waals surface area contributed by atoms with E-state index in [1.54, 1.807) is 18.2 Å². The van der Waals surface area contributed by atoms with Crippen molar-refractivity contribution in [2.75, 3.05) is 0 Å². The first-order valence-corrected chi connectivity index (χ1v) is 6.88. The molecule has 2 aromatic carbocycles. The minimum atomic E-state index is -0.669. The first-order chi connectivity index (χ1) is 11.0. The Hall–Kier alpha value is -2.86. The van der Waals surface area contributed by atoms with Gasteiger partial charge in [0.2, 0.25) is 0 Å². The number of benzene rings is 2. The van der Waals surface area contributed by atoms with Crippen LogP contribution in [0, 0.1) is 15.9 Å². The molecule has 114 valence electrons. The Bertz CT molecular complexity index is 959. The molecule has 3 rings (SSSR count). The number of fused-ring (bicyclic) bond motifs is 1. The average Bonchev–Trinajstić information content (AvgIpc) is 2.55. The molecule has 0 saturated heterocycles. The van der Waals surface area contributed by atoms with Gasteiger partial charge < -0.3 is 0 Å². The highest BCUT2D eigenvalue weighted by molar-refractivity contribution is 6.31. The number of carbonyl (C=O) groups is 1. The number of halogens is 2. The number of nitro benzene ring substituents is 1. The molecule has 3 aromatic rings. The zero-order valence-electron chi connectivity index (χ0n) is 11.5. The lowest BCUT2D eigenvalue weighted by Gasteiger charge is -2.06. The quantitative estimate of drug-likeness (QED) is 0.410. The van der Waals surface area contributed by atoms with Crippen molar-refractivity contribution >= 4 is 34.0 Å². The van der Waals surface area contributed by atoms with Crippen molar-refractivity contribution in [1.29, 1.82) is 0 Å². The first-order valence-electron chi connectivity index (χ1n) is 6.51. The smallest absolute Gasteiger partial charge is 0.288 e. The summed E-state index contributed by atoms with van der Waals surface area (Å²) in [6.45, 7) is 0. The van der Waals surface area contributed by atoms with Gasteiger partial charge in [-0.2, -0.15) is 0 Å². The lowest BCUT2D eigenvalue weighted by atomic mass is 9.99. The van der Waals surface area contributed by atoms with Crippen LogP contribution >= 0.6 is 11.6 Å². The second kappa shape index (κ2) is 5.73. The van der Waals surface area contributed by atoms with Gasteiger partial charge in [0.15, 0.2) is 5.78 Å². The molecule has 0 aliphatic heterocycles. The maximum atomic E-state index is 13.2. The molecule has 0 radical (unpaired) electrons. The van der Waals surface area contributed by atoms with Crippen LogP contribution in [0.5, 0.6) is 0 Å². The van der Waals surface area contributed by atoms with Crippen LogP contribution in [0.2, 0.25) is 5.02 Å². The van der Waals surface area contributed by atoms with E-state index in [9.17, 15) is 19.3 Å². The van der Waals surface area contributed by atoms with Gasteiger partial charge >= 0.3 is 5.69 Å². The Labute approximate surface area is 134 Å². The van der Waals surface area contributed by atoms with E-state index in [-0.39, 0.29) is 27.4 Å². The molecule has 0 spiro atoms. The largest absolute Gasteiger partial charge is 0.306 e. The molecular weight excluding hydrogens is 323 g/mol. The van der Waals surface area contributed by atoms with Crippen molar-refractivity contribution in [3.63, 3.8) is 0 Å². The van der Waals surface area contributed by atoms with Crippen LogP contribution < -0.4 is 0 Å². The van der Waals surface area contributed by atoms with Gasteiger partial charge in [-0.3, -0.25) is 14.9 Å². The van der Waals surface area contributed by atoms with Gasteiger partial charge in [-0.05, 0) is 30.3 Å². The first kappa shape index (κ1) is 15.1. The fourth-order valence-electron chi connectivity index (χ4n) is 2.29. The Morgan fingerprint density at radius 2 is 2.00 bits per heavy atom. The van der Waals surface area contributed by atoms with Crippen molar-refractivity contribution in [3.05, 3.63) is 80.7 Å². The van der Waals surface area contributed by atoms with Crippen LogP contribution in [0.15, 0.2) is 48.7 Å². The van der Waals surface area contributed by atoms with Crippen LogP contribution in [0.1, 0.15) is 15.9 Å². The monoisotopic (exact) mass is 330 g/mol. The molecule has 7 heteroatoms. The Balaban J connectivity index is 2.22. The predicted molar refractivity (Wildman–Crippen MR) is 83.2 cm³/mol. The maximum absolute atomic E-state index is 13.2. The topological polar surface area (TPSA) is 73.1 Å². The van der Waals surface area contributed by atoms with E-state index >= 15 is 0 Å². The third kappa shape index (κ3) is 2.64. The summed E-state index contributed by atoms with van der Waals surface area (Å²) < 4.78 is 13.2. The van der Waals surface area contributed by atoms with Gasteiger partial charge in [-0.25, -0.2) is 9.37 Å². The molecular formula is C16H8ClFN2O3. The molecule has 1 aromatic heterocycles. The van der Waals surface area contributed by atoms with Gasteiger partial charge in [0, 0.05) is 17.1 Å². The van der Waals surface area contributed by atoms with Crippen molar-refractivity contribution < 1.29 is 14.1 Å². The van der Waals surface area contributed by atoms with E-state index in [2.05, 4.69) is 4.98 Å². The summed E-state index contributed by atoms with van der Waals surface area (Å²) in [6.07, 6.45) is 1.42. The molecule has 0 fully saturated rings. The Kier molecular flexibility index (Phi) is 3.75. The molecule has 0 aliphatic carbocycles. The standard InChI is InChI=1S/C16H8ClFN2O3/c17-12-8-10(4-6-13(12)18)16(21)11-5-3-9-2-1-7-19-14(9)15(11)20(22)23/h1-8H. The summed E-state index contributed by atoms with van der Waals surface area (Å²) >= 11 is 5.67. The third-order valence-electron chi connectivity index (χ3n) is 3.36. The molecule has 5 nitrogen and oxygen atoms in total. The molecule has 0 amide bonds. The van der Waals surface area contributed by atoms with Crippen molar-refractivity contribution in [3.8, 4) is 0 Å². The highest BCUT2D eigenvalue weighted by atomic mass is 35.5. The fraction of sp³-hybridized carbons (Fsp3) is 0. The van der Waals surface area contributed by atoms with Gasteiger partial charge in [0.05, 0.1) is 9.95 Å². The Morgan fingerprint density at radius 3 is 2.70 bits per heavy atom. The zero-order chi connectivity index (χ0) is 16.6. The van der Waals surface area contributed by atoms with Crippen LogP contribution in [0.3, 0.4) is 0 Å². The summed E-state index contributed by atoms with van der Waals surface area (Å²) in [4.78, 5) is 27.3. The molecule has 0 N–H and O–H groups in total. The minimum absolute atomic E-state index is 0.0646. The van der Waals surface area contributed by atoms with Gasteiger partial charge in [0.25, 0.3) is 0 Å². The summed E-state index contributed by atoms with van der Waals surface area (Å²) in [5, 5.41) is 11.7. The summed E-state index contributed by atoms with van der Waals surface area (Å²) in [5.41, 5.74) is -0.316. The highest BCUT2D eigenvalue weighted by Crippen LogP contribution is 2.30. The minimum Gasteiger partial charge on any atom is -0.288 e. The molecule has 0 aliphatic rings. The van der Waals surface area contributed by atoms with E-state index in [4.69, 9.17) is 11.6 Å². The molecule has 0 saturated carbocycles. The van der Waals surface area contributed by atoms with Crippen LogP contribution in [-0.2, 0) is 0 Å². The number of rotatable bonds is 3. The number of hydrogen-bond donors (Lipinski definition) is 0. The zero-order valence-corrected chi connectivity index (χ0v) is 12.2. The third-order valence-corrected chi connectivity index (χ3v) is 3.65. The number of carbonyl (C=O) groups excluding carboxylic acids is 1. The van der Waals surface area contributed by atoms with Gasteiger partial charge in [-0.1, -0.05) is 23.7 Å². The van der Waals surface area contributed by atoms with E-state index in [0.29, 0.717) is 5.39 Å². The van der Waals surface area contributed by atoms with Gasteiger partial charge in [-0.15, -0.1) is 0 Å². The summed E-state index contributed by atoms with van der Waals surface area (Å²) in [5.74, 6) is -1.29. The molecule has 0 atom stereocenters. The number of nitro groups is 1. The fourth-order valence-corrected chi connectivity index (χ4v) is 2.47. The van der Waals surface area contributed by atoms with E-state index < -0.39 is 16.5 Å². The van der Waals surface area contributed by atoms with Crippen LogP contribution in [0.4, 0.5) is 10.1 Å². The second-order valence-corrected chi connectivity index (χ2v) is 5.16. The lowest BCUT2D eigenvalue weighted by Crippen LogP contribution is -2.07. The normalized spacial score (nSPS) is 10.7. The molecule has 23 heavy (non-hydrogen) atoms. The number of ketones is 1. The average molecular weight is 331 g/mol. The van der Waals surface area contributed by atoms with Crippen LogP contribution in [0.25, 0.3) is 10.9 Å². The Morgan fingerprint density at radius 1 is 1.22 bits per heavy atom. The SMILES string of the molecule is O=C(c1ccc(F)c(Cl)c1)c1ccc2cccnc2c1[N+](=O)[O-]. The second-order valence-electron chi connectivity index (χ2n) is 4.75. The molecule has 0 bridgehead atoms. The number of pyridine rings is 1. The number of aromatic nitrogens is 1. The number of nitrogens with zero attached hydrogens (tertiary/aromatic N) is 2. The molecule has 0 unspecified atom stereocenters. The summed E-state index contributed by atoms with van der Waals surface area (Å²) in [6, 6.07) is 9.67. The van der Waals surface area contributed by atoms with Crippen molar-refractivity contribution in [1.82, 2.24) is 4.98 Å². The van der Waals surface area contributed by atoms with E-state index in [1.165, 1.54) is 18.3 Å². The van der Waals surface area contributed by atoms with E-state index in [0.717, 1.165) is 12.1 Å². The predicted octanol–water partition coefficient (Wildman–Crippen LogP) is 4.17. The van der Waals surface area contributed by atoms with E-state index in [1.807, 2.05) is 0 Å². The maximum Gasteiger partial charge on any atom is 0.306 e. The highest BCUT2D eigenvalue weighted by Gasteiger charge is 2.25. The van der Waals surface area contributed by atoms with Crippen molar-refractivity contribution in [2.45, 2.75) is 0 Å². The van der Waals surface area contributed by atoms with Crippen molar-refractivity contribution in [2.24, 2.45) is 0 Å². The van der Waals surface area contributed by atoms with Crippen LogP contribution in [-0.4, -0.2) is 15.7 Å².